The van der Waals surface area contributed by atoms with Crippen LogP contribution in [0.4, 0.5) is 0 Å². The van der Waals surface area contributed by atoms with Crippen LogP contribution in [-0.4, -0.2) is 36.6 Å². The van der Waals surface area contributed by atoms with E-state index in [1.54, 1.807) is 6.92 Å². The van der Waals surface area contributed by atoms with Gasteiger partial charge in [-0.05, 0) is 14.1 Å². The van der Waals surface area contributed by atoms with Gasteiger partial charge in [0.2, 0.25) is 0 Å². The van der Waals surface area contributed by atoms with Gasteiger partial charge in [0, 0.05) is 19.4 Å². The Kier molecular flexibility index (Phi) is 11.2. The van der Waals surface area contributed by atoms with Crippen LogP contribution >= 0.6 is 0 Å². The van der Waals surface area contributed by atoms with Crippen molar-refractivity contribution in [2.45, 2.75) is 19.8 Å². The van der Waals surface area contributed by atoms with Gasteiger partial charge in [-0.3, -0.25) is 4.79 Å². The van der Waals surface area contributed by atoms with Crippen LogP contribution in [-0.2, 0) is 4.79 Å². The zero-order valence-corrected chi connectivity index (χ0v) is 7.87. The maximum atomic E-state index is 9.37. The summed E-state index contributed by atoms with van der Waals surface area (Å²) in [6.45, 7) is 2.47. The van der Waals surface area contributed by atoms with Gasteiger partial charge in [-0.25, -0.2) is 0 Å². The molecular weight excluding hydrogens is 156 g/mol. The molecule has 0 amide bonds. The van der Waals surface area contributed by atoms with Gasteiger partial charge in [0.05, 0.1) is 6.07 Å². The Labute approximate surface area is 73.4 Å². The molecule has 70 valence electrons. The van der Waals surface area contributed by atoms with Crippen molar-refractivity contribution in [2.24, 2.45) is 0 Å². The van der Waals surface area contributed by atoms with Crippen molar-refractivity contribution in [1.29, 1.82) is 5.26 Å². The van der Waals surface area contributed by atoms with Crippen molar-refractivity contribution in [1.82, 2.24) is 4.90 Å². The van der Waals surface area contributed by atoms with E-state index in [2.05, 4.69) is 6.07 Å². The molecule has 0 aliphatic heterocycles. The lowest BCUT2D eigenvalue weighted by atomic mass is 10.4. The fourth-order valence-electron chi connectivity index (χ4n) is 0.274. The van der Waals surface area contributed by atoms with E-state index in [0.717, 1.165) is 6.54 Å². The Hall–Kier alpha value is -1.08. The van der Waals surface area contributed by atoms with Crippen molar-refractivity contribution in [3.63, 3.8) is 0 Å². The van der Waals surface area contributed by atoms with E-state index in [1.165, 1.54) is 0 Å². The van der Waals surface area contributed by atoms with Crippen molar-refractivity contribution in [3.8, 4) is 6.07 Å². The van der Waals surface area contributed by atoms with Gasteiger partial charge in [-0.15, -0.1) is 0 Å². The van der Waals surface area contributed by atoms with E-state index in [4.69, 9.17) is 10.4 Å². The molecule has 0 unspecified atom stereocenters. The van der Waals surface area contributed by atoms with Crippen LogP contribution in [0, 0.1) is 11.3 Å². The summed E-state index contributed by atoms with van der Waals surface area (Å²) in [5.74, 6) is -0.745. The highest BCUT2D eigenvalue weighted by molar-refractivity contribution is 5.66. The normalized spacial score (nSPS) is 8.25. The summed E-state index contributed by atoms with van der Waals surface area (Å²) in [5, 5.41) is 15.8. The molecular formula is C8H16N2O2. The fourth-order valence-corrected chi connectivity index (χ4v) is 0.274. The average molecular weight is 172 g/mol. The molecule has 0 heterocycles. The topological polar surface area (TPSA) is 64.3 Å². The molecule has 0 aromatic rings. The third-order valence-electron chi connectivity index (χ3n) is 0.973. The SMILES string of the molecule is CCC(=O)O.CN(C)CCC#N. The van der Waals surface area contributed by atoms with E-state index >= 15 is 0 Å². The van der Waals surface area contributed by atoms with Crippen LogP contribution < -0.4 is 0 Å². The second kappa shape index (κ2) is 9.92. The molecule has 1 N–H and O–H groups in total. The molecule has 0 saturated carbocycles. The number of carboxylic acid groups (broad SMARTS) is 1. The van der Waals surface area contributed by atoms with Crippen LogP contribution in [0.1, 0.15) is 19.8 Å². The van der Waals surface area contributed by atoms with Gasteiger partial charge in [0.1, 0.15) is 0 Å². The van der Waals surface area contributed by atoms with Gasteiger partial charge < -0.3 is 10.0 Å². The lowest BCUT2D eigenvalue weighted by Gasteiger charge is -2.02. The molecule has 0 spiro atoms. The highest BCUT2D eigenvalue weighted by atomic mass is 16.4. The number of nitriles is 1. The Morgan fingerprint density at radius 1 is 1.58 bits per heavy atom. The van der Waals surface area contributed by atoms with Crippen molar-refractivity contribution in [3.05, 3.63) is 0 Å². The molecule has 12 heavy (non-hydrogen) atoms. The lowest BCUT2D eigenvalue weighted by Crippen LogP contribution is -2.11. The zero-order valence-electron chi connectivity index (χ0n) is 7.87. The average Bonchev–Trinajstić information content (AvgIpc) is 2.02. The van der Waals surface area contributed by atoms with E-state index in [0.29, 0.717) is 6.42 Å². The summed E-state index contributed by atoms with van der Waals surface area (Å²) in [6.07, 6.45) is 0.854. The van der Waals surface area contributed by atoms with Crippen molar-refractivity contribution >= 4 is 5.97 Å². The van der Waals surface area contributed by atoms with Crippen LogP contribution in [0.2, 0.25) is 0 Å². The number of aliphatic carboxylic acids is 1. The standard InChI is InChI=1S/C5H10N2.C3H6O2/c1-7(2)5-3-4-6;1-2-3(4)5/h3,5H2,1-2H3;2H2,1H3,(H,4,5). The van der Waals surface area contributed by atoms with Crippen LogP contribution in [0.25, 0.3) is 0 Å². The minimum atomic E-state index is -0.745. The molecule has 0 fully saturated rings. The van der Waals surface area contributed by atoms with E-state index in [1.807, 2.05) is 19.0 Å². The fraction of sp³-hybridized carbons (Fsp3) is 0.750. The number of hydrogen-bond donors (Lipinski definition) is 1. The Balaban J connectivity index is 0. The predicted octanol–water partition coefficient (Wildman–Crippen LogP) is 0.943. The Morgan fingerprint density at radius 2 is 2.00 bits per heavy atom. The minimum absolute atomic E-state index is 0.222. The summed E-state index contributed by atoms with van der Waals surface area (Å²) in [7, 11) is 3.91. The number of nitrogens with zero attached hydrogens (tertiary/aromatic N) is 2. The highest BCUT2D eigenvalue weighted by Gasteiger charge is 1.83. The van der Waals surface area contributed by atoms with Crippen molar-refractivity contribution in [2.75, 3.05) is 20.6 Å². The molecule has 0 saturated heterocycles. The highest BCUT2D eigenvalue weighted by Crippen LogP contribution is 1.76. The largest absolute Gasteiger partial charge is 0.481 e. The van der Waals surface area contributed by atoms with Crippen LogP contribution in [0.15, 0.2) is 0 Å². The third kappa shape index (κ3) is 23.1. The smallest absolute Gasteiger partial charge is 0.303 e. The second-order valence-electron chi connectivity index (χ2n) is 2.46. The summed E-state index contributed by atoms with van der Waals surface area (Å²) in [6, 6.07) is 2.06. The number of carbonyl (C=O) groups is 1. The first kappa shape index (κ1) is 13.5. The van der Waals surface area contributed by atoms with E-state index in [9.17, 15) is 4.79 Å². The lowest BCUT2D eigenvalue weighted by molar-refractivity contribution is -0.136. The number of hydrogen-bond acceptors (Lipinski definition) is 3. The van der Waals surface area contributed by atoms with Crippen LogP contribution in [0.3, 0.4) is 0 Å². The molecule has 0 aliphatic rings. The van der Waals surface area contributed by atoms with Crippen molar-refractivity contribution < 1.29 is 9.90 Å². The summed E-state index contributed by atoms with van der Waals surface area (Å²) >= 11 is 0. The zero-order chi connectivity index (χ0) is 9.98. The van der Waals surface area contributed by atoms with E-state index in [-0.39, 0.29) is 6.42 Å². The first-order chi connectivity index (χ1) is 5.54. The first-order valence-corrected chi connectivity index (χ1v) is 3.78. The molecule has 0 aromatic carbocycles. The van der Waals surface area contributed by atoms with Gasteiger partial charge in [-0.1, -0.05) is 6.92 Å². The number of carboxylic acids is 1. The minimum Gasteiger partial charge on any atom is -0.481 e. The molecule has 0 radical (unpaired) electrons. The van der Waals surface area contributed by atoms with Gasteiger partial charge in [0.15, 0.2) is 0 Å². The van der Waals surface area contributed by atoms with Gasteiger partial charge in [-0.2, -0.15) is 5.26 Å². The van der Waals surface area contributed by atoms with Gasteiger partial charge >= 0.3 is 5.97 Å². The predicted molar refractivity (Wildman–Crippen MR) is 46.7 cm³/mol. The quantitative estimate of drug-likeness (QED) is 0.688. The molecule has 4 nitrogen and oxygen atoms in total. The molecule has 0 atom stereocenters. The third-order valence-corrected chi connectivity index (χ3v) is 0.973. The molecule has 0 aromatic heterocycles. The van der Waals surface area contributed by atoms with Gasteiger partial charge in [0.25, 0.3) is 0 Å². The molecule has 0 bridgehead atoms. The Morgan fingerprint density at radius 3 is 2.08 bits per heavy atom. The summed E-state index contributed by atoms with van der Waals surface area (Å²) in [4.78, 5) is 11.4. The monoisotopic (exact) mass is 172 g/mol. The summed E-state index contributed by atoms with van der Waals surface area (Å²) in [5.41, 5.74) is 0. The molecule has 0 aliphatic carbocycles. The maximum absolute atomic E-state index is 9.37. The molecule has 4 heteroatoms. The number of rotatable bonds is 3. The Bertz CT molecular complexity index is 150. The maximum Gasteiger partial charge on any atom is 0.303 e. The van der Waals surface area contributed by atoms with Crippen LogP contribution in [0.5, 0.6) is 0 Å². The van der Waals surface area contributed by atoms with E-state index < -0.39 is 5.97 Å². The first-order valence-electron chi connectivity index (χ1n) is 3.78. The molecule has 0 rings (SSSR count). The second-order valence-corrected chi connectivity index (χ2v) is 2.46. The summed E-state index contributed by atoms with van der Waals surface area (Å²) < 4.78 is 0.